The lowest BCUT2D eigenvalue weighted by atomic mass is 9.82. The van der Waals surface area contributed by atoms with E-state index in [1.165, 1.54) is 62.3 Å². The minimum absolute atomic E-state index is 0.300. The van der Waals surface area contributed by atoms with Crippen LogP contribution in [0.15, 0.2) is 164 Å². The molecule has 4 aromatic heterocycles. The van der Waals surface area contributed by atoms with Gasteiger partial charge in [-0.1, -0.05) is 130 Å². The fourth-order valence-electron chi connectivity index (χ4n) is 12.2. The first kappa shape index (κ1) is 69.0. The summed E-state index contributed by atoms with van der Waals surface area (Å²) in [4.78, 5) is 0. The number of nitrogens with zero attached hydrogens (tertiary/aromatic N) is 10. The first-order chi connectivity index (χ1) is 44.1. The highest BCUT2D eigenvalue weighted by Crippen LogP contribution is 2.42. The number of aryl methyl sites for hydroxylation is 6. The van der Waals surface area contributed by atoms with Crippen molar-refractivity contribution in [3.63, 3.8) is 0 Å². The molecule has 0 saturated heterocycles. The highest BCUT2D eigenvalue weighted by atomic mass is 19.1. The maximum Gasteiger partial charge on any atom is 0.274 e. The second-order valence-electron chi connectivity index (χ2n) is 25.4. The van der Waals surface area contributed by atoms with Gasteiger partial charge in [0, 0.05) is 47.0 Å². The molecule has 0 unspecified atom stereocenters. The molecule has 7 aromatic carbocycles. The average Bonchev–Trinajstić information content (AvgIpc) is 1.67. The second kappa shape index (κ2) is 29.1. The Morgan fingerprint density at radius 3 is 1.29 bits per heavy atom. The molecular weight excluding hydrogens is 1160 g/mol. The van der Waals surface area contributed by atoms with E-state index >= 15 is 0 Å². The van der Waals surface area contributed by atoms with E-state index in [9.17, 15) is 17.6 Å². The fraction of sp³-hybridized carbons (Fsp3) is 0.291. The molecule has 0 aliphatic heterocycles. The summed E-state index contributed by atoms with van der Waals surface area (Å²) in [6.07, 6.45) is 9.98. The molecule has 11 aromatic rings. The summed E-state index contributed by atoms with van der Waals surface area (Å²) in [5.41, 5.74) is 23.0. The lowest BCUT2D eigenvalue weighted by Crippen LogP contribution is -2.41. The zero-order chi connectivity index (χ0) is 68.0. The highest BCUT2D eigenvalue weighted by molar-refractivity contribution is 5.79. The Labute approximate surface area is 547 Å². The van der Waals surface area contributed by atoms with Crippen molar-refractivity contribution in [1.82, 2.24) is 18.7 Å². The van der Waals surface area contributed by atoms with Gasteiger partial charge in [0.15, 0.2) is 24.9 Å². The third-order valence-corrected chi connectivity index (χ3v) is 17.6. The molecule has 478 valence electrons. The van der Waals surface area contributed by atoms with Crippen LogP contribution in [0.1, 0.15) is 152 Å². The van der Waals surface area contributed by atoms with Crippen molar-refractivity contribution in [1.29, 1.82) is 10.5 Å². The first-order valence-electron chi connectivity index (χ1n) is 31.6. The number of rotatable bonds is 11. The number of halogens is 4. The molecule has 0 fully saturated rings. The third-order valence-electron chi connectivity index (χ3n) is 17.6. The molecule has 14 heteroatoms. The van der Waals surface area contributed by atoms with E-state index in [0.717, 1.165) is 57.1 Å². The van der Waals surface area contributed by atoms with E-state index in [1.54, 1.807) is 23.2 Å². The zero-order valence-electron chi connectivity index (χ0n) is 57.4. The largest absolute Gasteiger partial charge is 0.274 e. The number of nitriles is 2. The topological polar surface area (TPSA) is 82.8 Å². The Hall–Kier alpha value is -9.92. The van der Waals surface area contributed by atoms with E-state index in [0.29, 0.717) is 57.3 Å². The minimum atomic E-state index is -0.567. The van der Waals surface area contributed by atoms with Gasteiger partial charge in [0.05, 0.1) is 78.8 Å². The van der Waals surface area contributed by atoms with Crippen molar-refractivity contribution in [2.24, 2.45) is 28.2 Å². The summed E-state index contributed by atoms with van der Waals surface area (Å²) in [7, 11) is 7.84. The van der Waals surface area contributed by atoms with Crippen molar-refractivity contribution in [2.45, 2.75) is 128 Å². The van der Waals surface area contributed by atoms with Crippen LogP contribution in [0.2, 0.25) is 0 Å². The Balaban J connectivity index is 0.000000168. The molecule has 0 saturated carbocycles. The van der Waals surface area contributed by atoms with Crippen LogP contribution in [0.5, 0.6) is 0 Å². The summed E-state index contributed by atoms with van der Waals surface area (Å²) >= 11 is 0. The van der Waals surface area contributed by atoms with Crippen molar-refractivity contribution in [3.8, 4) is 68.3 Å². The van der Waals surface area contributed by atoms with Gasteiger partial charge in [-0.3, -0.25) is 0 Å². The van der Waals surface area contributed by atoms with Gasteiger partial charge >= 0.3 is 0 Å². The molecule has 0 N–H and O–H groups in total. The highest BCUT2D eigenvalue weighted by Gasteiger charge is 2.31. The molecule has 4 heterocycles. The van der Waals surface area contributed by atoms with Crippen molar-refractivity contribution >= 4 is 0 Å². The van der Waals surface area contributed by atoms with Crippen LogP contribution in [0.25, 0.3) is 56.1 Å². The molecule has 0 spiro atoms. The van der Waals surface area contributed by atoms with Gasteiger partial charge in [0.25, 0.3) is 11.4 Å². The maximum absolute atomic E-state index is 14.9. The smallest absolute Gasteiger partial charge is 0.207 e. The molecule has 0 bridgehead atoms. The molecule has 93 heavy (non-hydrogen) atoms. The van der Waals surface area contributed by atoms with Crippen LogP contribution in [-0.2, 0) is 28.2 Å². The van der Waals surface area contributed by atoms with Crippen LogP contribution in [0, 0.1) is 94.4 Å². The lowest BCUT2D eigenvalue weighted by Gasteiger charge is -2.21. The quantitative estimate of drug-likeness (QED) is 0.0955. The van der Waals surface area contributed by atoms with Crippen LogP contribution < -0.4 is 18.7 Å². The number of aromatic nitrogens is 8. The van der Waals surface area contributed by atoms with Crippen LogP contribution in [0.4, 0.5) is 17.6 Å². The van der Waals surface area contributed by atoms with E-state index in [-0.39, 0.29) is 0 Å². The first-order valence-corrected chi connectivity index (χ1v) is 31.6. The summed E-state index contributed by atoms with van der Waals surface area (Å²) in [5.74, 6) is -0.916. The molecule has 10 nitrogen and oxygen atoms in total. The Bertz CT molecular complexity index is 4510. The van der Waals surface area contributed by atoms with Crippen LogP contribution >= 0.6 is 0 Å². The average molecular weight is 1250 g/mol. The van der Waals surface area contributed by atoms with Gasteiger partial charge in [0.2, 0.25) is 24.3 Å². The van der Waals surface area contributed by atoms with Gasteiger partial charge < -0.3 is 0 Å². The van der Waals surface area contributed by atoms with E-state index in [2.05, 4.69) is 151 Å². The Morgan fingerprint density at radius 1 is 0.430 bits per heavy atom. The normalized spacial score (nSPS) is 11.1. The van der Waals surface area contributed by atoms with Crippen LogP contribution in [-0.4, -0.2) is 18.7 Å². The standard InChI is InChI=1S/C30H33F2N2.C24H29F2N2.C13H14N3.C12H12N3/c1-18(2)25-14-23(22-11-9-8-10-12-22)15-26(19(3)4)29(25)27-17-34(33(7)21(27)6)30-20(5)13-24(31)16-28(30)32;1-14(2)19-9-8-10-20(15(3)4)23(19)21-13-28(27(7)17(21)6)24-16(5)11-18(25)12-22(24)26;1-10-8-12(9-14)4-5-13(10)16-7-6-11(2)15(16)3;1-10-8-11(9-13)4-5-12(10)15-7-3-6-14(15)2/h8-19H,1-7H3;8-15H,1-7H3;4-8H,1-3H3;3-8H,1-2H3/q4*+1. The molecule has 0 atom stereocenters. The molecule has 0 aliphatic rings. The molecule has 0 aliphatic carbocycles. The predicted octanol–water partition coefficient (Wildman–Crippen LogP) is 17.2. The number of hydrogen-bond donors (Lipinski definition) is 0. The molecule has 0 amide bonds. The maximum atomic E-state index is 14.9. The predicted molar refractivity (Wildman–Crippen MR) is 363 cm³/mol. The van der Waals surface area contributed by atoms with Gasteiger partial charge in [-0.2, -0.15) is 33.4 Å². The van der Waals surface area contributed by atoms with E-state index in [4.69, 9.17) is 10.5 Å². The van der Waals surface area contributed by atoms with E-state index < -0.39 is 23.3 Å². The van der Waals surface area contributed by atoms with E-state index in [1.807, 2.05) is 147 Å². The molecule has 0 radical (unpaired) electrons. The number of hydrogen-bond acceptors (Lipinski definition) is 2. The Kier molecular flexibility index (Phi) is 21.6. The van der Waals surface area contributed by atoms with Crippen LogP contribution in [0.3, 0.4) is 0 Å². The van der Waals surface area contributed by atoms with Gasteiger partial charge in [-0.15, -0.1) is 9.36 Å². The second-order valence-corrected chi connectivity index (χ2v) is 25.4. The summed E-state index contributed by atoms with van der Waals surface area (Å²) in [5, 5.41) is 17.6. The van der Waals surface area contributed by atoms with Crippen molar-refractivity contribution in [3.05, 3.63) is 260 Å². The van der Waals surface area contributed by atoms with Crippen molar-refractivity contribution in [2.75, 3.05) is 0 Å². The monoisotopic (exact) mass is 1250 g/mol. The lowest BCUT2D eigenvalue weighted by molar-refractivity contribution is -0.744. The molecule has 11 rings (SSSR count). The zero-order valence-corrected chi connectivity index (χ0v) is 57.4. The fourth-order valence-corrected chi connectivity index (χ4v) is 12.2. The number of benzene rings is 7. The summed E-state index contributed by atoms with van der Waals surface area (Å²) in [6, 6.07) is 45.9. The Morgan fingerprint density at radius 2 is 0.892 bits per heavy atom. The summed E-state index contributed by atoms with van der Waals surface area (Å²) < 4.78 is 72.6. The van der Waals surface area contributed by atoms with Gasteiger partial charge in [0.1, 0.15) is 17.3 Å². The SMILES string of the molecule is Cc1cc(C#N)ccc1-[n+]1ccc(C)n1C.Cc1cc(C#N)ccc1-n1ccc[n+]1C.Cc1cc(F)cc(F)c1-[n+]1cc(-c2c(C(C)C)cc(-c3ccccc3)cc2C(C)C)c(C)n1C.Cc1cc(F)cc(F)c1-[n+]1cc(-c2c(C(C)C)cccc2C(C)C)c(C)n1C. The molecular formula is C79H88F4N10+4. The third kappa shape index (κ3) is 14.7. The van der Waals surface area contributed by atoms with Gasteiger partial charge in [-0.25, -0.2) is 8.78 Å². The van der Waals surface area contributed by atoms with Gasteiger partial charge in [-0.05, 0) is 165 Å². The summed E-state index contributed by atoms with van der Waals surface area (Å²) in [6.45, 7) is 31.3. The minimum Gasteiger partial charge on any atom is -0.207 e. The van der Waals surface area contributed by atoms with Crippen molar-refractivity contribution < 1.29 is 36.3 Å².